The van der Waals surface area contributed by atoms with Gasteiger partial charge in [-0.15, -0.1) is 0 Å². The van der Waals surface area contributed by atoms with E-state index in [2.05, 4.69) is 15.3 Å². The van der Waals surface area contributed by atoms with Crippen LogP contribution in [0.4, 0.5) is 10.1 Å². The molecular formula is C13H12FN3O2S. The molecule has 0 radical (unpaired) electrons. The molecular weight excluding hydrogens is 281 g/mol. The summed E-state index contributed by atoms with van der Waals surface area (Å²) < 4.78 is 13.4. The third-order valence-corrected chi connectivity index (χ3v) is 3.57. The van der Waals surface area contributed by atoms with Gasteiger partial charge in [-0.1, -0.05) is 23.9 Å². The lowest BCUT2D eigenvalue weighted by Gasteiger charge is -2.07. The monoisotopic (exact) mass is 293 g/mol. The second-order valence-electron chi connectivity index (χ2n) is 4.02. The second kappa shape index (κ2) is 6.33. The molecule has 2 N–H and O–H groups in total. The molecule has 2 aromatic rings. The molecule has 0 unspecified atom stereocenters. The Balaban J connectivity index is 1.97. The fourth-order valence-corrected chi connectivity index (χ4v) is 2.27. The zero-order valence-corrected chi connectivity index (χ0v) is 11.5. The number of H-pyrrole nitrogens is 1. The van der Waals surface area contributed by atoms with Crippen molar-refractivity contribution >= 4 is 23.4 Å². The number of amides is 1. The molecule has 0 bridgehead atoms. The number of halogens is 1. The van der Waals surface area contributed by atoms with E-state index >= 15 is 0 Å². The number of benzene rings is 1. The number of hydrogen-bond acceptors (Lipinski definition) is 4. The first-order valence-electron chi connectivity index (χ1n) is 5.79. The Morgan fingerprint density at radius 3 is 2.95 bits per heavy atom. The molecule has 0 fully saturated rings. The van der Waals surface area contributed by atoms with Crippen molar-refractivity contribution in [2.24, 2.45) is 0 Å². The van der Waals surface area contributed by atoms with E-state index in [0.29, 0.717) is 5.03 Å². The van der Waals surface area contributed by atoms with Crippen molar-refractivity contribution in [2.75, 3.05) is 11.1 Å². The minimum Gasteiger partial charge on any atom is -0.323 e. The van der Waals surface area contributed by atoms with Crippen LogP contribution in [0.2, 0.25) is 0 Å². The third-order valence-electron chi connectivity index (χ3n) is 2.45. The van der Waals surface area contributed by atoms with Gasteiger partial charge in [-0.3, -0.25) is 4.79 Å². The number of nitrogens with one attached hydrogen (secondary N) is 2. The van der Waals surface area contributed by atoms with Crippen LogP contribution in [0.5, 0.6) is 0 Å². The Hall–Kier alpha value is -2.15. The van der Waals surface area contributed by atoms with Gasteiger partial charge >= 0.3 is 5.69 Å². The molecule has 7 heteroatoms. The van der Waals surface area contributed by atoms with E-state index in [1.807, 2.05) is 0 Å². The smallest absolute Gasteiger partial charge is 0.323 e. The lowest BCUT2D eigenvalue weighted by molar-refractivity contribution is -0.113. The Bertz CT molecular complexity index is 687. The molecule has 0 saturated carbocycles. The summed E-state index contributed by atoms with van der Waals surface area (Å²) in [4.78, 5) is 28.9. The molecule has 2 rings (SSSR count). The van der Waals surface area contributed by atoms with E-state index in [1.165, 1.54) is 18.3 Å². The predicted molar refractivity (Wildman–Crippen MR) is 75.3 cm³/mol. The average molecular weight is 293 g/mol. The summed E-state index contributed by atoms with van der Waals surface area (Å²) in [7, 11) is 0. The standard InChI is InChI=1S/C13H12FN3O2S/c1-8-6-15-13(19)17-12(8)20-7-11(18)16-10-5-3-2-4-9(10)14/h2-6H,7H2,1H3,(H,16,18)(H,15,17,19). The Labute approximate surface area is 118 Å². The van der Waals surface area contributed by atoms with E-state index in [1.54, 1.807) is 19.1 Å². The molecule has 1 heterocycles. The number of thioether (sulfide) groups is 1. The van der Waals surface area contributed by atoms with Crippen LogP contribution < -0.4 is 11.0 Å². The zero-order valence-electron chi connectivity index (χ0n) is 10.6. The molecule has 0 saturated heterocycles. The van der Waals surface area contributed by atoms with Crippen molar-refractivity contribution in [3.05, 3.63) is 52.3 Å². The number of carbonyl (C=O) groups is 1. The minimum atomic E-state index is -0.487. The van der Waals surface area contributed by atoms with Gasteiger partial charge in [-0.2, -0.15) is 0 Å². The molecule has 1 aromatic carbocycles. The lowest BCUT2D eigenvalue weighted by Crippen LogP contribution is -2.16. The van der Waals surface area contributed by atoms with Crippen LogP contribution >= 0.6 is 11.8 Å². The maximum atomic E-state index is 13.4. The summed E-state index contributed by atoms with van der Waals surface area (Å²) in [6.07, 6.45) is 1.44. The highest BCUT2D eigenvalue weighted by atomic mass is 32.2. The Kier molecular flexibility index (Phi) is 4.52. The molecule has 5 nitrogen and oxygen atoms in total. The van der Waals surface area contributed by atoms with Crippen LogP contribution in [0.3, 0.4) is 0 Å². The third kappa shape index (κ3) is 3.67. The van der Waals surface area contributed by atoms with Crippen molar-refractivity contribution in [3.8, 4) is 0 Å². The van der Waals surface area contributed by atoms with E-state index in [9.17, 15) is 14.0 Å². The molecule has 104 valence electrons. The minimum absolute atomic E-state index is 0.0646. The van der Waals surface area contributed by atoms with Gasteiger partial charge in [0.15, 0.2) is 0 Å². The molecule has 20 heavy (non-hydrogen) atoms. The van der Waals surface area contributed by atoms with Crippen LogP contribution in [0.15, 0.2) is 40.3 Å². The lowest BCUT2D eigenvalue weighted by atomic mass is 10.3. The predicted octanol–water partition coefficient (Wildman–Crippen LogP) is 1.95. The first kappa shape index (κ1) is 14.3. The summed E-state index contributed by atoms with van der Waals surface area (Å²) in [5.74, 6) is -0.772. The number of hydrogen-bond donors (Lipinski definition) is 2. The maximum absolute atomic E-state index is 13.4. The highest BCUT2D eigenvalue weighted by Crippen LogP contribution is 2.18. The molecule has 0 aliphatic carbocycles. The van der Waals surface area contributed by atoms with E-state index in [0.717, 1.165) is 17.3 Å². The van der Waals surface area contributed by atoms with E-state index in [-0.39, 0.29) is 17.3 Å². The summed E-state index contributed by atoms with van der Waals surface area (Å²) in [5, 5.41) is 3.05. The van der Waals surface area contributed by atoms with Crippen LogP contribution in [0, 0.1) is 12.7 Å². The summed E-state index contributed by atoms with van der Waals surface area (Å²) in [6.45, 7) is 1.78. The normalized spacial score (nSPS) is 10.3. The van der Waals surface area contributed by atoms with Crippen molar-refractivity contribution < 1.29 is 9.18 Å². The molecule has 1 aromatic heterocycles. The number of aromatic nitrogens is 2. The van der Waals surface area contributed by atoms with Gasteiger partial charge in [0.05, 0.1) is 16.5 Å². The summed E-state index contributed by atoms with van der Waals surface area (Å²) >= 11 is 1.16. The largest absolute Gasteiger partial charge is 0.345 e. The number of aromatic amines is 1. The topological polar surface area (TPSA) is 74.8 Å². The average Bonchev–Trinajstić information content (AvgIpc) is 2.42. The second-order valence-corrected chi connectivity index (χ2v) is 5.00. The highest BCUT2D eigenvalue weighted by Gasteiger charge is 2.08. The van der Waals surface area contributed by atoms with Crippen LogP contribution in [0.1, 0.15) is 5.56 Å². The van der Waals surface area contributed by atoms with Gasteiger partial charge in [0.1, 0.15) is 5.82 Å². The van der Waals surface area contributed by atoms with Crippen molar-refractivity contribution in [3.63, 3.8) is 0 Å². The number of para-hydroxylation sites is 1. The Morgan fingerprint density at radius 2 is 2.20 bits per heavy atom. The highest BCUT2D eigenvalue weighted by molar-refractivity contribution is 8.00. The molecule has 0 atom stereocenters. The number of nitrogens with zero attached hydrogens (tertiary/aromatic N) is 1. The number of aryl methyl sites for hydroxylation is 1. The van der Waals surface area contributed by atoms with E-state index < -0.39 is 11.5 Å². The first-order chi connectivity index (χ1) is 9.56. The zero-order chi connectivity index (χ0) is 14.5. The number of carbonyl (C=O) groups excluding carboxylic acids is 1. The molecule has 0 aliphatic rings. The molecule has 1 amide bonds. The Morgan fingerprint density at radius 1 is 1.45 bits per heavy atom. The van der Waals surface area contributed by atoms with Crippen molar-refractivity contribution in [1.29, 1.82) is 0 Å². The SMILES string of the molecule is Cc1cnc(=O)[nH]c1SCC(=O)Nc1ccccc1F. The number of rotatable bonds is 4. The van der Waals surface area contributed by atoms with Gasteiger partial charge in [-0.05, 0) is 24.6 Å². The van der Waals surface area contributed by atoms with Gasteiger partial charge in [-0.25, -0.2) is 14.2 Å². The fourth-order valence-electron chi connectivity index (χ4n) is 1.48. The van der Waals surface area contributed by atoms with Gasteiger partial charge < -0.3 is 10.3 Å². The van der Waals surface area contributed by atoms with E-state index in [4.69, 9.17) is 0 Å². The maximum Gasteiger partial charge on any atom is 0.345 e. The molecule has 0 spiro atoms. The van der Waals surface area contributed by atoms with Gasteiger partial charge in [0.2, 0.25) is 5.91 Å². The van der Waals surface area contributed by atoms with Crippen LogP contribution in [0.25, 0.3) is 0 Å². The summed E-state index contributed by atoms with van der Waals surface area (Å²) in [5.41, 5.74) is 0.443. The quantitative estimate of drug-likeness (QED) is 0.667. The first-order valence-corrected chi connectivity index (χ1v) is 6.78. The van der Waals surface area contributed by atoms with Crippen molar-refractivity contribution in [2.45, 2.75) is 11.9 Å². The van der Waals surface area contributed by atoms with Crippen molar-refractivity contribution in [1.82, 2.24) is 9.97 Å². The fraction of sp³-hybridized carbons (Fsp3) is 0.154. The molecule has 0 aliphatic heterocycles. The van der Waals surface area contributed by atoms with Crippen LogP contribution in [-0.2, 0) is 4.79 Å². The van der Waals surface area contributed by atoms with Gasteiger partial charge in [0, 0.05) is 6.20 Å². The van der Waals surface area contributed by atoms with Gasteiger partial charge in [0.25, 0.3) is 0 Å². The number of anilines is 1. The summed E-state index contributed by atoms with van der Waals surface area (Å²) in [6, 6.07) is 5.94. The van der Waals surface area contributed by atoms with Crippen LogP contribution in [-0.4, -0.2) is 21.6 Å².